The summed E-state index contributed by atoms with van der Waals surface area (Å²) >= 11 is 0. The van der Waals surface area contributed by atoms with Gasteiger partial charge in [-0.3, -0.25) is 4.90 Å². The minimum Gasteiger partial charge on any atom is -0.309 e. The summed E-state index contributed by atoms with van der Waals surface area (Å²) in [5.74, 6) is -1.48. The van der Waals surface area contributed by atoms with Crippen molar-refractivity contribution < 1.29 is 8.78 Å². The highest BCUT2D eigenvalue weighted by atomic mass is 19.2. The molecule has 1 N–H and O–H groups in total. The molecule has 1 saturated heterocycles. The zero-order chi connectivity index (χ0) is 14.0. The SMILES string of the molecule is CCC1(C)CN(Cc2cccc(F)c2F)C(C)CN1. The summed E-state index contributed by atoms with van der Waals surface area (Å²) < 4.78 is 27.0. The predicted molar refractivity (Wildman–Crippen MR) is 72.9 cm³/mol. The first-order valence-corrected chi connectivity index (χ1v) is 6.87. The lowest BCUT2D eigenvalue weighted by Gasteiger charge is -2.45. The van der Waals surface area contributed by atoms with Gasteiger partial charge < -0.3 is 5.32 Å². The summed E-state index contributed by atoms with van der Waals surface area (Å²) in [6.45, 7) is 8.61. The van der Waals surface area contributed by atoms with E-state index in [2.05, 4.69) is 31.0 Å². The number of hydrogen-bond donors (Lipinski definition) is 1. The summed E-state index contributed by atoms with van der Waals surface area (Å²) in [6.07, 6.45) is 1.02. The summed E-state index contributed by atoms with van der Waals surface area (Å²) in [7, 11) is 0. The van der Waals surface area contributed by atoms with E-state index in [1.54, 1.807) is 12.1 Å². The Hall–Kier alpha value is -1.00. The van der Waals surface area contributed by atoms with Gasteiger partial charge in [0.1, 0.15) is 0 Å². The molecule has 2 atom stereocenters. The van der Waals surface area contributed by atoms with Crippen LogP contribution in [0.15, 0.2) is 18.2 Å². The van der Waals surface area contributed by atoms with E-state index in [-0.39, 0.29) is 5.54 Å². The van der Waals surface area contributed by atoms with Crippen LogP contribution in [0.4, 0.5) is 8.78 Å². The Kier molecular flexibility index (Phi) is 4.21. The van der Waals surface area contributed by atoms with Gasteiger partial charge in [-0.1, -0.05) is 19.1 Å². The molecule has 1 aliphatic rings. The van der Waals surface area contributed by atoms with E-state index in [1.807, 2.05) is 0 Å². The van der Waals surface area contributed by atoms with Crippen LogP contribution in [0.3, 0.4) is 0 Å². The van der Waals surface area contributed by atoms with Crippen molar-refractivity contribution in [2.45, 2.75) is 45.3 Å². The second-order valence-corrected chi connectivity index (χ2v) is 5.76. The Bertz CT molecular complexity index is 450. The molecule has 1 fully saturated rings. The molecule has 19 heavy (non-hydrogen) atoms. The van der Waals surface area contributed by atoms with E-state index < -0.39 is 11.6 Å². The normalized spacial score (nSPS) is 28.6. The molecule has 1 aromatic carbocycles. The second kappa shape index (κ2) is 5.55. The van der Waals surface area contributed by atoms with Gasteiger partial charge in [0.05, 0.1) is 0 Å². The van der Waals surface area contributed by atoms with Gasteiger partial charge in [0.2, 0.25) is 0 Å². The van der Waals surface area contributed by atoms with Crippen molar-refractivity contribution in [1.82, 2.24) is 10.2 Å². The maximum Gasteiger partial charge on any atom is 0.163 e. The highest BCUT2D eigenvalue weighted by molar-refractivity contribution is 5.19. The number of hydrogen-bond acceptors (Lipinski definition) is 2. The van der Waals surface area contributed by atoms with Crippen molar-refractivity contribution in [3.63, 3.8) is 0 Å². The van der Waals surface area contributed by atoms with Crippen molar-refractivity contribution in [1.29, 1.82) is 0 Å². The molecule has 0 aliphatic carbocycles. The Morgan fingerprint density at radius 1 is 1.42 bits per heavy atom. The molecule has 0 saturated carbocycles. The van der Waals surface area contributed by atoms with Gasteiger partial charge in [-0.05, 0) is 26.3 Å². The third kappa shape index (κ3) is 3.12. The number of nitrogens with one attached hydrogen (secondary N) is 1. The molecule has 0 bridgehead atoms. The Morgan fingerprint density at radius 2 is 2.16 bits per heavy atom. The third-order valence-corrected chi connectivity index (χ3v) is 4.18. The molecule has 0 amide bonds. The van der Waals surface area contributed by atoms with Crippen LogP contribution in [0.25, 0.3) is 0 Å². The fourth-order valence-corrected chi connectivity index (χ4v) is 2.52. The Balaban J connectivity index is 2.14. The van der Waals surface area contributed by atoms with Gasteiger partial charge in [-0.15, -0.1) is 0 Å². The number of nitrogens with zero attached hydrogens (tertiary/aromatic N) is 1. The molecular formula is C15H22F2N2. The van der Waals surface area contributed by atoms with Gasteiger partial charge >= 0.3 is 0 Å². The van der Waals surface area contributed by atoms with E-state index >= 15 is 0 Å². The zero-order valence-corrected chi connectivity index (χ0v) is 11.8. The number of halogens is 2. The summed E-state index contributed by atoms with van der Waals surface area (Å²) in [6, 6.07) is 4.72. The Morgan fingerprint density at radius 3 is 2.84 bits per heavy atom. The quantitative estimate of drug-likeness (QED) is 0.906. The topological polar surface area (TPSA) is 15.3 Å². The first-order chi connectivity index (χ1) is 8.95. The fraction of sp³-hybridized carbons (Fsp3) is 0.600. The minimum absolute atomic E-state index is 0.0519. The average molecular weight is 268 g/mol. The molecule has 0 radical (unpaired) electrons. The highest BCUT2D eigenvalue weighted by Crippen LogP contribution is 2.22. The van der Waals surface area contributed by atoms with E-state index in [0.29, 0.717) is 18.2 Å². The zero-order valence-electron chi connectivity index (χ0n) is 11.8. The van der Waals surface area contributed by atoms with Crippen LogP contribution in [-0.4, -0.2) is 29.6 Å². The average Bonchev–Trinajstić information content (AvgIpc) is 2.39. The molecule has 1 aromatic rings. The van der Waals surface area contributed by atoms with Crippen LogP contribution in [0, 0.1) is 11.6 Å². The summed E-state index contributed by atoms with van der Waals surface area (Å²) in [5, 5.41) is 3.53. The van der Waals surface area contributed by atoms with Crippen LogP contribution < -0.4 is 5.32 Å². The van der Waals surface area contributed by atoms with Crippen molar-refractivity contribution in [2.75, 3.05) is 13.1 Å². The molecule has 1 aliphatic heterocycles. The molecule has 106 valence electrons. The van der Waals surface area contributed by atoms with E-state index in [4.69, 9.17) is 0 Å². The third-order valence-electron chi connectivity index (χ3n) is 4.18. The summed E-state index contributed by atoms with van der Waals surface area (Å²) in [5.41, 5.74) is 0.489. The molecule has 0 spiro atoms. The van der Waals surface area contributed by atoms with Gasteiger partial charge in [-0.2, -0.15) is 0 Å². The van der Waals surface area contributed by atoms with Gasteiger partial charge in [0.25, 0.3) is 0 Å². The molecule has 0 aromatic heterocycles. The highest BCUT2D eigenvalue weighted by Gasteiger charge is 2.32. The van der Waals surface area contributed by atoms with Crippen LogP contribution in [0.5, 0.6) is 0 Å². The predicted octanol–water partition coefficient (Wildman–Crippen LogP) is 2.93. The molecule has 1 heterocycles. The molecule has 2 unspecified atom stereocenters. The molecule has 4 heteroatoms. The number of piperazine rings is 1. The van der Waals surface area contributed by atoms with Gasteiger partial charge in [0, 0.05) is 36.8 Å². The van der Waals surface area contributed by atoms with Crippen LogP contribution in [-0.2, 0) is 6.54 Å². The van der Waals surface area contributed by atoms with Crippen molar-refractivity contribution in [2.24, 2.45) is 0 Å². The smallest absolute Gasteiger partial charge is 0.163 e. The van der Waals surface area contributed by atoms with Crippen molar-refractivity contribution in [3.05, 3.63) is 35.4 Å². The molecule has 2 rings (SSSR count). The lowest BCUT2D eigenvalue weighted by atomic mass is 9.93. The maximum atomic E-state index is 13.7. The summed E-state index contributed by atoms with van der Waals surface area (Å²) in [4.78, 5) is 2.22. The molecule has 2 nitrogen and oxygen atoms in total. The van der Waals surface area contributed by atoms with E-state index in [0.717, 1.165) is 25.6 Å². The first kappa shape index (κ1) is 14.4. The van der Waals surface area contributed by atoms with Gasteiger partial charge in [0.15, 0.2) is 11.6 Å². The molecular weight excluding hydrogens is 246 g/mol. The second-order valence-electron chi connectivity index (χ2n) is 5.76. The standard InChI is InChI=1S/C15H22F2N2/c1-4-15(3)10-19(11(2)8-18-15)9-12-6-5-7-13(16)14(12)17/h5-7,11,18H,4,8-10H2,1-3H3. The number of rotatable bonds is 3. The van der Waals surface area contributed by atoms with E-state index in [9.17, 15) is 8.78 Å². The minimum atomic E-state index is -0.765. The number of benzene rings is 1. The van der Waals surface area contributed by atoms with Crippen LogP contribution in [0.2, 0.25) is 0 Å². The first-order valence-electron chi connectivity index (χ1n) is 6.87. The lowest BCUT2D eigenvalue weighted by Crippen LogP contribution is -2.61. The van der Waals surface area contributed by atoms with Crippen LogP contribution in [0.1, 0.15) is 32.8 Å². The maximum absolute atomic E-state index is 13.7. The van der Waals surface area contributed by atoms with Crippen LogP contribution >= 0.6 is 0 Å². The Labute approximate surface area is 113 Å². The van der Waals surface area contributed by atoms with Crippen molar-refractivity contribution in [3.8, 4) is 0 Å². The van der Waals surface area contributed by atoms with Gasteiger partial charge in [-0.25, -0.2) is 8.78 Å². The van der Waals surface area contributed by atoms with E-state index in [1.165, 1.54) is 0 Å². The lowest BCUT2D eigenvalue weighted by molar-refractivity contribution is 0.0854. The van der Waals surface area contributed by atoms with Crippen molar-refractivity contribution >= 4 is 0 Å². The fourth-order valence-electron chi connectivity index (χ4n) is 2.52. The largest absolute Gasteiger partial charge is 0.309 e. The monoisotopic (exact) mass is 268 g/mol.